The fraction of sp³-hybridized carbons (Fsp3) is 0.0556. The van der Waals surface area contributed by atoms with Gasteiger partial charge in [-0.25, -0.2) is 5.10 Å². The van der Waals surface area contributed by atoms with Gasteiger partial charge in [0.05, 0.1) is 0 Å². The highest BCUT2D eigenvalue weighted by Gasteiger charge is 2.31. The molecule has 0 unspecified atom stereocenters. The number of thiophene rings is 1. The van der Waals surface area contributed by atoms with Crippen molar-refractivity contribution in [2.24, 2.45) is 0 Å². The van der Waals surface area contributed by atoms with Crippen molar-refractivity contribution in [3.63, 3.8) is 0 Å². The third-order valence-corrected chi connectivity index (χ3v) is 4.74. The highest BCUT2D eigenvalue weighted by Crippen LogP contribution is 2.35. The van der Waals surface area contributed by atoms with E-state index >= 15 is 0 Å². The molecule has 0 aliphatic heterocycles. The Labute approximate surface area is 154 Å². The Morgan fingerprint density at radius 1 is 1.04 bits per heavy atom. The van der Waals surface area contributed by atoms with Gasteiger partial charge in [-0.1, -0.05) is 17.3 Å². The van der Waals surface area contributed by atoms with E-state index in [1.807, 2.05) is 35.7 Å². The molecule has 0 atom stereocenters. The minimum atomic E-state index is -4.84. The number of nitriles is 1. The molecule has 0 fully saturated rings. The second kappa shape index (κ2) is 6.41. The molecule has 1 N–H and O–H groups in total. The van der Waals surface area contributed by atoms with Crippen molar-refractivity contribution in [1.82, 2.24) is 15.4 Å². The minimum absolute atomic E-state index is 0.0545. The Kier molecular flexibility index (Phi) is 4.05. The molecule has 4 aromatic rings. The van der Waals surface area contributed by atoms with Crippen LogP contribution in [0.2, 0.25) is 0 Å². The molecule has 0 radical (unpaired) electrons. The monoisotopic (exact) mass is 386 g/mol. The number of nitrogens with one attached hydrogen (secondary N) is 1. The van der Waals surface area contributed by atoms with Crippen molar-refractivity contribution >= 4 is 21.4 Å². The highest BCUT2D eigenvalue weighted by atomic mass is 32.1. The van der Waals surface area contributed by atoms with E-state index in [-0.39, 0.29) is 11.4 Å². The van der Waals surface area contributed by atoms with Gasteiger partial charge < -0.3 is 4.74 Å². The lowest BCUT2D eigenvalue weighted by atomic mass is 10.00. The van der Waals surface area contributed by atoms with E-state index in [2.05, 4.69) is 20.1 Å². The summed E-state index contributed by atoms with van der Waals surface area (Å²) >= 11 is 1.54. The van der Waals surface area contributed by atoms with Crippen LogP contribution in [0.5, 0.6) is 5.75 Å². The minimum Gasteiger partial charge on any atom is -0.406 e. The molecule has 27 heavy (non-hydrogen) atoms. The van der Waals surface area contributed by atoms with E-state index in [1.165, 1.54) is 23.5 Å². The summed E-state index contributed by atoms with van der Waals surface area (Å²) in [4.78, 5) is 0. The van der Waals surface area contributed by atoms with Gasteiger partial charge in [-0.2, -0.15) is 5.26 Å². The van der Waals surface area contributed by atoms with Crippen molar-refractivity contribution in [3.8, 4) is 34.2 Å². The van der Waals surface area contributed by atoms with Crippen LogP contribution in [-0.2, 0) is 0 Å². The molecular weight excluding hydrogens is 377 g/mol. The zero-order chi connectivity index (χ0) is 19.0. The number of halogens is 3. The Hall–Kier alpha value is -3.38. The molecule has 0 bridgehead atoms. The predicted molar refractivity (Wildman–Crippen MR) is 94.0 cm³/mol. The number of H-pyrrole nitrogens is 1. The average molecular weight is 386 g/mol. The molecule has 2 heterocycles. The van der Waals surface area contributed by atoms with Gasteiger partial charge in [-0.15, -0.1) is 29.6 Å². The Morgan fingerprint density at radius 2 is 1.85 bits per heavy atom. The number of aromatic nitrogens is 3. The number of aromatic amines is 1. The zero-order valence-corrected chi connectivity index (χ0v) is 14.2. The van der Waals surface area contributed by atoms with Crippen LogP contribution in [0.15, 0.2) is 47.8 Å². The lowest BCUT2D eigenvalue weighted by Gasteiger charge is -2.12. The third kappa shape index (κ3) is 3.47. The standard InChI is InChI=1S/C18H9F3N4OS/c19-18(20,21)26-14-6-12(11-2-1-10-3-4-27-16(10)8-11)5-13(7-14)17-15(9-22)23-25-24-17/h1-8H,(H,23,24,25). The number of alkyl halides is 3. The first-order valence-electron chi connectivity index (χ1n) is 7.63. The number of fused-ring (bicyclic) bond motifs is 1. The van der Waals surface area contributed by atoms with Crippen molar-refractivity contribution < 1.29 is 17.9 Å². The van der Waals surface area contributed by atoms with Crippen LogP contribution in [-0.4, -0.2) is 21.8 Å². The van der Waals surface area contributed by atoms with Crippen LogP contribution >= 0.6 is 11.3 Å². The normalized spacial score (nSPS) is 11.5. The molecule has 2 aromatic heterocycles. The van der Waals surface area contributed by atoms with Gasteiger partial charge in [0.1, 0.15) is 17.5 Å². The Balaban J connectivity index is 1.88. The second-order valence-corrected chi connectivity index (χ2v) is 6.56. The summed E-state index contributed by atoms with van der Waals surface area (Å²) in [7, 11) is 0. The quantitative estimate of drug-likeness (QED) is 0.530. The number of hydrogen-bond acceptors (Lipinski definition) is 5. The average Bonchev–Trinajstić information content (AvgIpc) is 3.28. The number of benzene rings is 2. The summed E-state index contributed by atoms with van der Waals surface area (Å²) < 4.78 is 43.4. The van der Waals surface area contributed by atoms with E-state index in [1.54, 1.807) is 6.07 Å². The van der Waals surface area contributed by atoms with E-state index in [9.17, 15) is 13.2 Å². The van der Waals surface area contributed by atoms with Crippen molar-refractivity contribution in [2.75, 3.05) is 0 Å². The highest BCUT2D eigenvalue weighted by molar-refractivity contribution is 7.17. The van der Waals surface area contributed by atoms with Crippen LogP contribution in [0.3, 0.4) is 0 Å². The molecular formula is C18H9F3N4OS. The molecule has 0 spiro atoms. The number of hydrogen-bond donors (Lipinski definition) is 1. The van der Waals surface area contributed by atoms with Gasteiger partial charge in [-0.05, 0) is 52.2 Å². The van der Waals surface area contributed by atoms with Crippen LogP contribution in [0, 0.1) is 11.3 Å². The summed E-state index contributed by atoms with van der Waals surface area (Å²) in [5.74, 6) is -0.395. The first kappa shape index (κ1) is 17.1. The van der Waals surface area contributed by atoms with Gasteiger partial charge >= 0.3 is 6.36 Å². The number of rotatable bonds is 3. The lowest BCUT2D eigenvalue weighted by molar-refractivity contribution is -0.274. The first-order valence-corrected chi connectivity index (χ1v) is 8.51. The maximum Gasteiger partial charge on any atom is 0.573 e. The summed E-state index contributed by atoms with van der Waals surface area (Å²) in [5, 5.41) is 21.9. The molecule has 4 rings (SSSR count). The van der Waals surface area contributed by atoms with E-state index < -0.39 is 12.1 Å². The third-order valence-electron chi connectivity index (χ3n) is 3.86. The smallest absolute Gasteiger partial charge is 0.406 e. The lowest BCUT2D eigenvalue weighted by Crippen LogP contribution is -2.17. The molecule has 0 amide bonds. The molecule has 0 aliphatic carbocycles. The van der Waals surface area contributed by atoms with Crippen molar-refractivity contribution in [1.29, 1.82) is 5.26 Å². The summed E-state index contributed by atoms with van der Waals surface area (Å²) in [6.07, 6.45) is -4.84. The summed E-state index contributed by atoms with van der Waals surface area (Å²) in [6.45, 7) is 0. The largest absolute Gasteiger partial charge is 0.573 e. The predicted octanol–water partition coefficient (Wildman–Crippen LogP) is 5.12. The fourth-order valence-corrected chi connectivity index (χ4v) is 3.57. The molecule has 9 heteroatoms. The van der Waals surface area contributed by atoms with Gasteiger partial charge in [0.15, 0.2) is 5.69 Å². The summed E-state index contributed by atoms with van der Waals surface area (Å²) in [5.41, 5.74) is 1.74. The van der Waals surface area contributed by atoms with Crippen LogP contribution in [0.4, 0.5) is 13.2 Å². The van der Waals surface area contributed by atoms with Gasteiger partial charge in [-0.3, -0.25) is 0 Å². The SMILES string of the molecule is N#Cc1[nH]nnc1-c1cc(OC(F)(F)F)cc(-c2ccc3ccsc3c2)c1. The van der Waals surface area contributed by atoms with Gasteiger partial charge in [0.25, 0.3) is 0 Å². The number of nitrogens with zero attached hydrogens (tertiary/aromatic N) is 3. The van der Waals surface area contributed by atoms with Crippen LogP contribution < -0.4 is 4.74 Å². The van der Waals surface area contributed by atoms with E-state index in [0.717, 1.165) is 15.6 Å². The van der Waals surface area contributed by atoms with E-state index in [4.69, 9.17) is 5.26 Å². The van der Waals surface area contributed by atoms with E-state index in [0.29, 0.717) is 11.1 Å². The van der Waals surface area contributed by atoms with Crippen LogP contribution in [0.25, 0.3) is 32.5 Å². The molecule has 0 saturated heterocycles. The fourth-order valence-electron chi connectivity index (χ4n) is 2.74. The maximum atomic E-state index is 12.8. The molecule has 5 nitrogen and oxygen atoms in total. The first-order chi connectivity index (χ1) is 12.9. The van der Waals surface area contributed by atoms with Crippen molar-refractivity contribution in [2.45, 2.75) is 6.36 Å². The Morgan fingerprint density at radius 3 is 2.63 bits per heavy atom. The molecule has 0 aliphatic rings. The Bertz CT molecular complexity index is 1170. The topological polar surface area (TPSA) is 74.6 Å². The van der Waals surface area contributed by atoms with Gasteiger partial charge in [0, 0.05) is 10.3 Å². The molecule has 2 aromatic carbocycles. The van der Waals surface area contributed by atoms with Crippen molar-refractivity contribution in [3.05, 3.63) is 53.5 Å². The molecule has 0 saturated carbocycles. The van der Waals surface area contributed by atoms with Crippen LogP contribution in [0.1, 0.15) is 5.69 Å². The maximum absolute atomic E-state index is 12.8. The number of ether oxygens (including phenoxy) is 1. The summed E-state index contributed by atoms with van der Waals surface area (Å²) in [6, 6.07) is 13.6. The second-order valence-electron chi connectivity index (χ2n) is 5.61. The van der Waals surface area contributed by atoms with Gasteiger partial charge in [0.2, 0.25) is 0 Å². The zero-order valence-electron chi connectivity index (χ0n) is 13.4. The molecule has 134 valence electrons.